The first-order chi connectivity index (χ1) is 14.0. The molecule has 1 unspecified atom stereocenters. The molecule has 0 aromatic heterocycles. The molecule has 3 amide bonds. The summed E-state index contributed by atoms with van der Waals surface area (Å²) < 4.78 is 5.30. The average molecular weight is 402 g/mol. The molecule has 0 N–H and O–H groups in total. The van der Waals surface area contributed by atoms with Gasteiger partial charge in [0.25, 0.3) is 0 Å². The largest absolute Gasteiger partial charge is 0.449 e. The lowest BCUT2D eigenvalue weighted by molar-refractivity contribution is -0.148. The van der Waals surface area contributed by atoms with Crippen molar-refractivity contribution >= 4 is 17.9 Å². The summed E-state index contributed by atoms with van der Waals surface area (Å²) in [5.41, 5.74) is 0.839. The third-order valence-electron chi connectivity index (χ3n) is 5.41. The number of carbonyl (C=O) groups is 3. The number of ether oxygens (including phenoxy) is 1. The molecule has 0 bridgehead atoms. The first kappa shape index (κ1) is 21.1. The van der Waals surface area contributed by atoms with Crippen LogP contribution in [0.3, 0.4) is 0 Å². The van der Waals surface area contributed by atoms with Gasteiger partial charge in [0.15, 0.2) is 0 Å². The maximum Gasteiger partial charge on any atom is 0.409 e. The second-order valence-corrected chi connectivity index (χ2v) is 8.14. The Morgan fingerprint density at radius 3 is 2.24 bits per heavy atom. The quantitative estimate of drug-likeness (QED) is 0.761. The Hall–Kier alpha value is -2.57. The lowest BCUT2D eigenvalue weighted by atomic mass is 9.99. The number of piperazine rings is 1. The molecule has 2 fully saturated rings. The van der Waals surface area contributed by atoms with Crippen LogP contribution in [0.1, 0.15) is 44.7 Å². The van der Waals surface area contributed by atoms with Gasteiger partial charge in [-0.15, -0.1) is 0 Å². The van der Waals surface area contributed by atoms with Crippen LogP contribution in [0, 0.1) is 5.92 Å². The van der Waals surface area contributed by atoms with Gasteiger partial charge in [-0.05, 0) is 24.3 Å². The van der Waals surface area contributed by atoms with Gasteiger partial charge in [-0.2, -0.15) is 0 Å². The molecule has 3 rings (SSSR count). The number of piperidine rings is 1. The van der Waals surface area contributed by atoms with Crippen molar-refractivity contribution in [2.24, 2.45) is 5.92 Å². The summed E-state index contributed by atoms with van der Waals surface area (Å²) in [6.07, 6.45) is 1.96. The number of carbonyl (C=O) groups excluding carboxylic acids is 3. The van der Waals surface area contributed by atoms with Gasteiger partial charge >= 0.3 is 6.09 Å². The smallest absolute Gasteiger partial charge is 0.409 e. The summed E-state index contributed by atoms with van der Waals surface area (Å²) in [5.74, 6) is 0.256. The minimum atomic E-state index is -0.594. The molecule has 2 saturated heterocycles. The van der Waals surface area contributed by atoms with E-state index in [4.69, 9.17) is 4.74 Å². The van der Waals surface area contributed by atoms with Gasteiger partial charge < -0.3 is 19.4 Å². The number of benzene rings is 1. The molecule has 1 aromatic rings. The maximum absolute atomic E-state index is 13.4. The first-order valence-electron chi connectivity index (χ1n) is 10.5. The zero-order chi connectivity index (χ0) is 20.8. The highest BCUT2D eigenvalue weighted by Gasteiger charge is 2.36. The molecule has 0 saturated carbocycles. The molecular formula is C22H31N3O4. The SMILES string of the molecule is CC(C)COC(=O)N1CCN(C(=O)C(c2ccccc2)N2CCCCC2=O)CC1. The van der Waals surface area contributed by atoms with Gasteiger partial charge in [-0.25, -0.2) is 4.79 Å². The summed E-state index contributed by atoms with van der Waals surface area (Å²) in [6.45, 7) is 6.76. The van der Waals surface area contributed by atoms with Crippen molar-refractivity contribution in [3.05, 3.63) is 35.9 Å². The van der Waals surface area contributed by atoms with Crippen molar-refractivity contribution in [3.63, 3.8) is 0 Å². The first-order valence-corrected chi connectivity index (χ1v) is 10.5. The van der Waals surface area contributed by atoms with Gasteiger partial charge in [-0.3, -0.25) is 9.59 Å². The van der Waals surface area contributed by atoms with E-state index in [2.05, 4.69) is 0 Å². The molecule has 0 spiro atoms. The minimum Gasteiger partial charge on any atom is -0.449 e. The van der Waals surface area contributed by atoms with E-state index in [9.17, 15) is 14.4 Å². The van der Waals surface area contributed by atoms with Crippen LogP contribution in [-0.4, -0.2) is 71.9 Å². The predicted octanol–water partition coefficient (Wildman–Crippen LogP) is 2.68. The number of hydrogen-bond donors (Lipinski definition) is 0. The van der Waals surface area contributed by atoms with Gasteiger partial charge in [0.05, 0.1) is 6.61 Å². The summed E-state index contributed by atoms with van der Waals surface area (Å²) in [5, 5.41) is 0. The van der Waals surface area contributed by atoms with E-state index in [0.29, 0.717) is 45.8 Å². The number of likely N-dealkylation sites (tertiary alicyclic amines) is 1. The van der Waals surface area contributed by atoms with E-state index >= 15 is 0 Å². The molecular weight excluding hydrogens is 370 g/mol. The molecule has 158 valence electrons. The highest BCUT2D eigenvalue weighted by Crippen LogP contribution is 2.28. The molecule has 0 aliphatic carbocycles. The summed E-state index contributed by atoms with van der Waals surface area (Å²) in [7, 11) is 0. The monoisotopic (exact) mass is 401 g/mol. The lowest BCUT2D eigenvalue weighted by Crippen LogP contribution is -2.54. The summed E-state index contributed by atoms with van der Waals surface area (Å²) >= 11 is 0. The van der Waals surface area contributed by atoms with Crippen LogP contribution < -0.4 is 0 Å². The van der Waals surface area contributed by atoms with Crippen LogP contribution in [0.4, 0.5) is 4.79 Å². The van der Waals surface area contributed by atoms with E-state index in [0.717, 1.165) is 18.4 Å². The maximum atomic E-state index is 13.4. The predicted molar refractivity (Wildman–Crippen MR) is 109 cm³/mol. The van der Waals surface area contributed by atoms with Crippen LogP contribution >= 0.6 is 0 Å². The average Bonchev–Trinajstić information content (AvgIpc) is 2.74. The third kappa shape index (κ3) is 5.28. The van der Waals surface area contributed by atoms with Crippen molar-refractivity contribution in [2.75, 3.05) is 39.3 Å². The Labute approximate surface area is 172 Å². The van der Waals surface area contributed by atoms with Crippen LogP contribution in [0.15, 0.2) is 30.3 Å². The molecule has 2 aliphatic heterocycles. The van der Waals surface area contributed by atoms with Gasteiger partial charge in [0.1, 0.15) is 6.04 Å². The number of hydrogen-bond acceptors (Lipinski definition) is 4. The van der Waals surface area contributed by atoms with Crippen molar-refractivity contribution in [1.82, 2.24) is 14.7 Å². The van der Waals surface area contributed by atoms with E-state index in [1.165, 1.54) is 0 Å². The minimum absolute atomic E-state index is 0.0364. The van der Waals surface area contributed by atoms with Crippen molar-refractivity contribution in [2.45, 2.75) is 39.2 Å². The molecule has 7 nitrogen and oxygen atoms in total. The standard InChI is InChI=1S/C22H31N3O4/c1-17(2)16-29-22(28)24-14-12-23(13-15-24)21(27)20(18-8-4-3-5-9-18)25-11-7-6-10-19(25)26/h3-5,8-9,17,20H,6-7,10-16H2,1-2H3. The fraction of sp³-hybridized carbons (Fsp3) is 0.591. The van der Waals surface area contributed by atoms with Crippen molar-refractivity contribution in [1.29, 1.82) is 0 Å². The van der Waals surface area contributed by atoms with E-state index in [1.54, 1.807) is 14.7 Å². The highest BCUT2D eigenvalue weighted by atomic mass is 16.6. The Morgan fingerprint density at radius 2 is 1.62 bits per heavy atom. The van der Waals surface area contributed by atoms with Gasteiger partial charge in [-0.1, -0.05) is 44.2 Å². The Balaban J connectivity index is 1.68. The topological polar surface area (TPSA) is 70.2 Å². The van der Waals surface area contributed by atoms with Crippen LogP contribution in [-0.2, 0) is 14.3 Å². The number of amides is 3. The zero-order valence-corrected chi connectivity index (χ0v) is 17.4. The van der Waals surface area contributed by atoms with E-state index in [1.807, 2.05) is 44.2 Å². The van der Waals surface area contributed by atoms with Crippen molar-refractivity contribution in [3.8, 4) is 0 Å². The van der Waals surface area contributed by atoms with E-state index < -0.39 is 6.04 Å². The second kappa shape index (κ2) is 9.76. The lowest BCUT2D eigenvalue weighted by Gasteiger charge is -2.40. The summed E-state index contributed by atoms with van der Waals surface area (Å²) in [4.78, 5) is 43.3. The Kier molecular flexibility index (Phi) is 7.12. The third-order valence-corrected chi connectivity index (χ3v) is 5.41. The molecule has 1 aromatic carbocycles. The Bertz CT molecular complexity index is 714. The summed E-state index contributed by atoms with van der Waals surface area (Å²) in [6, 6.07) is 8.92. The molecule has 7 heteroatoms. The molecule has 2 heterocycles. The zero-order valence-electron chi connectivity index (χ0n) is 17.4. The van der Waals surface area contributed by atoms with E-state index in [-0.39, 0.29) is 23.8 Å². The number of rotatable bonds is 5. The molecule has 29 heavy (non-hydrogen) atoms. The fourth-order valence-electron chi connectivity index (χ4n) is 3.80. The highest BCUT2D eigenvalue weighted by molar-refractivity contribution is 5.89. The molecule has 1 atom stereocenters. The number of nitrogens with zero attached hydrogens (tertiary/aromatic N) is 3. The molecule has 2 aliphatic rings. The normalized spacial score (nSPS) is 18.7. The van der Waals surface area contributed by atoms with Crippen LogP contribution in [0.25, 0.3) is 0 Å². The van der Waals surface area contributed by atoms with Gasteiger partial charge in [0.2, 0.25) is 11.8 Å². The van der Waals surface area contributed by atoms with Gasteiger partial charge in [0, 0.05) is 39.1 Å². The fourth-order valence-corrected chi connectivity index (χ4v) is 3.80. The van der Waals surface area contributed by atoms with Crippen LogP contribution in [0.5, 0.6) is 0 Å². The Morgan fingerprint density at radius 1 is 0.966 bits per heavy atom. The van der Waals surface area contributed by atoms with Crippen LogP contribution in [0.2, 0.25) is 0 Å². The van der Waals surface area contributed by atoms with Crippen molar-refractivity contribution < 1.29 is 19.1 Å². The second-order valence-electron chi connectivity index (χ2n) is 8.14. The molecule has 0 radical (unpaired) electrons.